The van der Waals surface area contributed by atoms with E-state index in [1.54, 1.807) is 19.1 Å². The molecule has 6 heteroatoms. The Labute approximate surface area is 117 Å². The summed E-state index contributed by atoms with van der Waals surface area (Å²) in [6, 6.07) is 5.03. The number of nitrogens with zero attached hydrogens (tertiary/aromatic N) is 2. The van der Waals surface area contributed by atoms with Crippen molar-refractivity contribution in [1.29, 1.82) is 0 Å². The Kier molecular flexibility index (Phi) is 3.74. The Morgan fingerprint density at radius 3 is 2.70 bits per heavy atom. The maximum Gasteiger partial charge on any atom is 0.272 e. The molecular formula is C14H18N4O2. The molecule has 2 aromatic rings. The van der Waals surface area contributed by atoms with Crippen molar-refractivity contribution in [1.82, 2.24) is 10.2 Å². The van der Waals surface area contributed by atoms with Crippen LogP contribution in [0.3, 0.4) is 0 Å². The van der Waals surface area contributed by atoms with Crippen molar-refractivity contribution in [2.24, 2.45) is 5.92 Å². The van der Waals surface area contributed by atoms with Crippen LogP contribution in [0.2, 0.25) is 0 Å². The van der Waals surface area contributed by atoms with Gasteiger partial charge in [0.15, 0.2) is 0 Å². The van der Waals surface area contributed by atoms with Crippen LogP contribution in [-0.2, 0) is 6.42 Å². The summed E-state index contributed by atoms with van der Waals surface area (Å²) < 4.78 is 0. The van der Waals surface area contributed by atoms with Crippen LogP contribution < -0.4 is 5.73 Å². The highest BCUT2D eigenvalue weighted by Gasteiger charge is 2.17. The zero-order valence-corrected chi connectivity index (χ0v) is 11.8. The summed E-state index contributed by atoms with van der Waals surface area (Å²) in [7, 11) is 0. The molecule has 0 saturated heterocycles. The number of hydrogen-bond acceptors (Lipinski definition) is 4. The number of nitrogen functional groups attached to an aromatic ring is 1. The maximum atomic E-state index is 10.9. The first-order chi connectivity index (χ1) is 9.40. The average molecular weight is 274 g/mol. The fraction of sp³-hybridized carbons (Fsp3) is 0.357. The smallest absolute Gasteiger partial charge is 0.272 e. The molecule has 0 aliphatic heterocycles. The molecule has 0 aliphatic rings. The summed E-state index contributed by atoms with van der Waals surface area (Å²) in [5.74, 6) is 0.942. The van der Waals surface area contributed by atoms with Crippen molar-refractivity contribution in [3.05, 3.63) is 39.4 Å². The molecular weight excluding hydrogens is 256 g/mol. The van der Waals surface area contributed by atoms with E-state index in [0.29, 0.717) is 17.3 Å². The molecule has 0 atom stereocenters. The molecule has 106 valence electrons. The van der Waals surface area contributed by atoms with Crippen LogP contribution in [0.1, 0.15) is 25.0 Å². The van der Waals surface area contributed by atoms with Gasteiger partial charge in [-0.2, -0.15) is 5.10 Å². The topological polar surface area (TPSA) is 97.8 Å². The van der Waals surface area contributed by atoms with Gasteiger partial charge in [-0.3, -0.25) is 15.2 Å². The van der Waals surface area contributed by atoms with Gasteiger partial charge in [0.1, 0.15) is 5.82 Å². The van der Waals surface area contributed by atoms with Crippen molar-refractivity contribution in [2.45, 2.75) is 27.2 Å². The molecule has 0 bridgehead atoms. The van der Waals surface area contributed by atoms with E-state index in [0.717, 1.165) is 23.2 Å². The first kappa shape index (κ1) is 14.0. The summed E-state index contributed by atoms with van der Waals surface area (Å²) in [6.07, 6.45) is 0.813. The molecule has 2 rings (SSSR count). The molecule has 0 unspecified atom stereocenters. The lowest BCUT2D eigenvalue weighted by atomic mass is 9.98. The summed E-state index contributed by atoms with van der Waals surface area (Å²) >= 11 is 0. The minimum absolute atomic E-state index is 0.117. The van der Waals surface area contributed by atoms with E-state index in [9.17, 15) is 10.1 Å². The quantitative estimate of drug-likeness (QED) is 0.661. The second-order valence-electron chi connectivity index (χ2n) is 5.32. The molecule has 3 N–H and O–H groups in total. The van der Waals surface area contributed by atoms with Crippen LogP contribution in [-0.4, -0.2) is 15.1 Å². The van der Waals surface area contributed by atoms with Gasteiger partial charge in [-0.05, 0) is 31.4 Å². The molecule has 1 heterocycles. The number of nitrogens with one attached hydrogen (secondary N) is 1. The largest absolute Gasteiger partial charge is 0.382 e. The molecule has 6 nitrogen and oxygen atoms in total. The van der Waals surface area contributed by atoms with Crippen LogP contribution in [0.15, 0.2) is 18.2 Å². The summed E-state index contributed by atoms with van der Waals surface area (Å²) in [4.78, 5) is 10.5. The summed E-state index contributed by atoms with van der Waals surface area (Å²) in [5.41, 5.74) is 9.31. The number of H-pyrrole nitrogens is 1. The van der Waals surface area contributed by atoms with Gasteiger partial charge in [0.25, 0.3) is 5.69 Å². The van der Waals surface area contributed by atoms with Crippen molar-refractivity contribution in [3.63, 3.8) is 0 Å². The minimum Gasteiger partial charge on any atom is -0.382 e. The standard InChI is InChI=1S/C14H18N4O2/c1-8(2)6-11-13(16-17-14(11)15)10-4-5-12(18(19)20)9(3)7-10/h4-5,7-8H,6H2,1-3H3,(H3,15,16,17). The number of aromatic nitrogens is 2. The van der Waals surface area contributed by atoms with E-state index >= 15 is 0 Å². The van der Waals surface area contributed by atoms with Crippen molar-refractivity contribution in [2.75, 3.05) is 5.73 Å². The minimum atomic E-state index is -0.380. The lowest BCUT2D eigenvalue weighted by Crippen LogP contribution is -1.99. The average Bonchev–Trinajstić information content (AvgIpc) is 2.70. The second-order valence-corrected chi connectivity index (χ2v) is 5.32. The van der Waals surface area contributed by atoms with Crippen LogP contribution in [0, 0.1) is 23.0 Å². The fourth-order valence-electron chi connectivity index (χ4n) is 2.25. The molecule has 1 aromatic carbocycles. The summed E-state index contributed by atoms with van der Waals surface area (Å²) in [5, 5.41) is 17.8. The Hall–Kier alpha value is -2.37. The van der Waals surface area contributed by atoms with Gasteiger partial charge >= 0.3 is 0 Å². The van der Waals surface area contributed by atoms with Crippen molar-refractivity contribution >= 4 is 11.5 Å². The number of nitrogens with two attached hydrogens (primary N) is 1. The lowest BCUT2D eigenvalue weighted by Gasteiger charge is -2.08. The van der Waals surface area contributed by atoms with E-state index < -0.39 is 0 Å². The third-order valence-corrected chi connectivity index (χ3v) is 3.19. The van der Waals surface area contributed by atoms with E-state index in [2.05, 4.69) is 24.0 Å². The SMILES string of the molecule is Cc1cc(-c2[nH]nc(N)c2CC(C)C)ccc1[N+](=O)[O-]. The predicted molar refractivity (Wildman–Crippen MR) is 78.4 cm³/mol. The van der Waals surface area contributed by atoms with Gasteiger partial charge in [-0.1, -0.05) is 13.8 Å². The van der Waals surface area contributed by atoms with E-state index in [1.165, 1.54) is 6.07 Å². The Morgan fingerprint density at radius 1 is 1.45 bits per heavy atom. The Balaban J connectivity index is 2.47. The number of rotatable bonds is 4. The van der Waals surface area contributed by atoms with Gasteiger partial charge in [0, 0.05) is 22.8 Å². The van der Waals surface area contributed by atoms with Gasteiger partial charge < -0.3 is 5.73 Å². The number of hydrogen-bond donors (Lipinski definition) is 2. The summed E-state index contributed by atoms with van der Waals surface area (Å²) in [6.45, 7) is 5.94. The van der Waals surface area contributed by atoms with Crippen molar-refractivity contribution in [3.8, 4) is 11.3 Å². The van der Waals surface area contributed by atoms with Crippen molar-refractivity contribution < 1.29 is 4.92 Å². The molecule has 0 spiro atoms. The zero-order valence-electron chi connectivity index (χ0n) is 11.8. The number of aryl methyl sites for hydroxylation is 1. The lowest BCUT2D eigenvalue weighted by molar-refractivity contribution is -0.385. The monoisotopic (exact) mass is 274 g/mol. The third kappa shape index (κ3) is 2.64. The molecule has 0 saturated carbocycles. The van der Waals surface area contributed by atoms with Crippen LogP contribution in [0.25, 0.3) is 11.3 Å². The molecule has 0 radical (unpaired) electrons. The number of aromatic amines is 1. The number of nitro groups is 1. The first-order valence-corrected chi connectivity index (χ1v) is 6.48. The van der Waals surface area contributed by atoms with Gasteiger partial charge in [0.05, 0.1) is 10.6 Å². The normalized spacial score (nSPS) is 11.0. The van der Waals surface area contributed by atoms with Gasteiger partial charge in [-0.15, -0.1) is 0 Å². The number of nitro benzene ring substituents is 1. The van der Waals surface area contributed by atoms with Crippen LogP contribution >= 0.6 is 0 Å². The third-order valence-electron chi connectivity index (χ3n) is 3.19. The van der Waals surface area contributed by atoms with E-state index in [4.69, 9.17) is 5.73 Å². The van der Waals surface area contributed by atoms with E-state index in [1.807, 2.05) is 0 Å². The van der Waals surface area contributed by atoms with Gasteiger partial charge in [-0.25, -0.2) is 0 Å². The van der Waals surface area contributed by atoms with Gasteiger partial charge in [0.2, 0.25) is 0 Å². The number of anilines is 1. The molecule has 1 aromatic heterocycles. The fourth-order valence-corrected chi connectivity index (χ4v) is 2.25. The molecule has 0 aliphatic carbocycles. The molecule has 0 fully saturated rings. The second kappa shape index (κ2) is 5.32. The maximum absolute atomic E-state index is 10.9. The Bertz CT molecular complexity index is 647. The first-order valence-electron chi connectivity index (χ1n) is 6.48. The van der Waals surface area contributed by atoms with E-state index in [-0.39, 0.29) is 10.6 Å². The van der Waals surface area contributed by atoms with Crippen LogP contribution in [0.4, 0.5) is 11.5 Å². The molecule has 0 amide bonds. The predicted octanol–water partition coefficient (Wildman–Crippen LogP) is 3.07. The van der Waals surface area contributed by atoms with Crippen LogP contribution in [0.5, 0.6) is 0 Å². The highest BCUT2D eigenvalue weighted by molar-refractivity contribution is 5.70. The zero-order chi connectivity index (χ0) is 14.9. The Morgan fingerprint density at radius 2 is 2.15 bits per heavy atom. The highest BCUT2D eigenvalue weighted by Crippen LogP contribution is 2.30. The number of benzene rings is 1. The highest BCUT2D eigenvalue weighted by atomic mass is 16.6. The molecule has 20 heavy (non-hydrogen) atoms.